The Bertz CT molecular complexity index is 755. The summed E-state index contributed by atoms with van der Waals surface area (Å²) < 4.78 is 0. The molecule has 0 saturated heterocycles. The van der Waals surface area contributed by atoms with E-state index in [0.29, 0.717) is 0 Å². The molecule has 0 aromatic carbocycles. The van der Waals surface area contributed by atoms with Gasteiger partial charge >= 0.3 is 23.9 Å². The van der Waals surface area contributed by atoms with Crippen LogP contribution in [0, 0.1) is 0 Å². The fourth-order valence-corrected chi connectivity index (χ4v) is 2.05. The van der Waals surface area contributed by atoms with Crippen molar-refractivity contribution in [2.75, 3.05) is 0 Å². The lowest BCUT2D eigenvalue weighted by Crippen LogP contribution is -2.44. The van der Waals surface area contributed by atoms with Crippen molar-refractivity contribution in [2.45, 2.75) is 37.8 Å². The maximum Gasteiger partial charge on any atom is 0.326 e. The summed E-state index contributed by atoms with van der Waals surface area (Å²) in [6.45, 7) is 0. The van der Waals surface area contributed by atoms with E-state index in [4.69, 9.17) is 20.4 Å². The van der Waals surface area contributed by atoms with Crippen LogP contribution >= 0.6 is 0 Å². The van der Waals surface area contributed by atoms with Crippen LogP contribution in [0.15, 0.2) is 0 Å². The maximum atomic E-state index is 12.2. The molecule has 0 fully saturated rings. The van der Waals surface area contributed by atoms with Crippen LogP contribution in [-0.2, 0) is 19.2 Å². The molecule has 0 aliphatic carbocycles. The SMILES string of the molecule is O=C(O)CC[C@H](NC(=O)c1nn[nH]c1C(=O)N[C@@H](CCC(=O)O)C(=O)O)C(=O)O. The summed E-state index contributed by atoms with van der Waals surface area (Å²) in [6.07, 6.45) is -1.97. The molecule has 0 aliphatic heterocycles. The molecule has 0 bridgehead atoms. The molecule has 0 spiro atoms. The number of carboxylic acid groups (broad SMARTS) is 4. The van der Waals surface area contributed by atoms with Crippen LogP contribution in [0.5, 0.6) is 0 Å². The molecule has 1 rings (SSSR count). The van der Waals surface area contributed by atoms with Gasteiger partial charge in [-0.15, -0.1) is 5.10 Å². The van der Waals surface area contributed by atoms with Gasteiger partial charge in [0.15, 0.2) is 11.4 Å². The third-order valence-corrected chi connectivity index (χ3v) is 3.49. The number of nitrogens with zero attached hydrogens (tertiary/aromatic N) is 2. The van der Waals surface area contributed by atoms with E-state index in [1.54, 1.807) is 0 Å². The quantitative estimate of drug-likeness (QED) is 0.194. The molecule has 1 heterocycles. The number of carbonyl (C=O) groups is 6. The second-order valence-electron chi connectivity index (χ2n) is 5.63. The Hall–Kier alpha value is -4.04. The van der Waals surface area contributed by atoms with Crippen LogP contribution in [0.1, 0.15) is 46.7 Å². The number of amides is 2. The van der Waals surface area contributed by atoms with Gasteiger partial charge in [-0.25, -0.2) is 9.59 Å². The lowest BCUT2D eigenvalue weighted by molar-refractivity contribution is -0.142. The first-order chi connectivity index (χ1) is 13.5. The Morgan fingerprint density at radius 3 is 1.66 bits per heavy atom. The van der Waals surface area contributed by atoms with Gasteiger partial charge in [0.25, 0.3) is 11.8 Å². The van der Waals surface area contributed by atoms with Crippen LogP contribution in [0.2, 0.25) is 0 Å². The van der Waals surface area contributed by atoms with Crippen molar-refractivity contribution < 1.29 is 49.2 Å². The summed E-state index contributed by atoms with van der Waals surface area (Å²) in [5, 5.41) is 48.0. The fraction of sp³-hybridized carbons (Fsp3) is 0.429. The molecule has 0 saturated carbocycles. The maximum absolute atomic E-state index is 12.2. The van der Waals surface area contributed by atoms with Gasteiger partial charge in [-0.1, -0.05) is 5.21 Å². The zero-order valence-electron chi connectivity index (χ0n) is 14.6. The zero-order chi connectivity index (χ0) is 22.1. The lowest BCUT2D eigenvalue weighted by atomic mass is 10.1. The normalized spacial score (nSPS) is 12.4. The minimum atomic E-state index is -1.59. The van der Waals surface area contributed by atoms with Gasteiger partial charge in [0.05, 0.1) is 0 Å². The highest BCUT2D eigenvalue weighted by Gasteiger charge is 2.29. The first-order valence-electron chi connectivity index (χ1n) is 7.94. The first-order valence-corrected chi connectivity index (χ1v) is 7.94. The summed E-state index contributed by atoms with van der Waals surface area (Å²) in [4.78, 5) is 67.8. The van der Waals surface area contributed by atoms with Gasteiger partial charge in [0.2, 0.25) is 0 Å². The van der Waals surface area contributed by atoms with Crippen LogP contribution in [-0.4, -0.2) is 83.6 Å². The molecular formula is C14H17N5O10. The number of hydrogen-bond donors (Lipinski definition) is 7. The van der Waals surface area contributed by atoms with Gasteiger partial charge in [0.1, 0.15) is 12.1 Å². The zero-order valence-corrected chi connectivity index (χ0v) is 14.6. The summed E-state index contributed by atoms with van der Waals surface area (Å²) in [5.74, 6) is -7.91. The number of hydrogen-bond acceptors (Lipinski definition) is 8. The standard InChI is InChI=1S/C14H17N5O10/c20-7(21)3-1-5(13(26)27)15-11(24)9-10(18-19-17-9)12(25)16-6(14(28)29)2-4-8(22)23/h5-6H,1-4H2,(H,15,24)(H,16,25)(H,20,21)(H,22,23)(H,26,27)(H,28,29)(H,17,18,19)/t5-,6-/m0/s1. The highest BCUT2D eigenvalue weighted by Crippen LogP contribution is 2.06. The van der Waals surface area contributed by atoms with Crippen molar-refractivity contribution in [3.63, 3.8) is 0 Å². The molecule has 15 nitrogen and oxygen atoms in total. The van der Waals surface area contributed by atoms with Crippen molar-refractivity contribution in [3.8, 4) is 0 Å². The number of carbonyl (C=O) groups excluding carboxylic acids is 2. The van der Waals surface area contributed by atoms with E-state index in [-0.39, 0.29) is 0 Å². The van der Waals surface area contributed by atoms with Gasteiger partial charge < -0.3 is 31.1 Å². The molecule has 2 amide bonds. The summed E-state index contributed by atoms with van der Waals surface area (Å²) >= 11 is 0. The van der Waals surface area contributed by atoms with E-state index in [1.807, 2.05) is 10.6 Å². The van der Waals surface area contributed by atoms with Crippen LogP contribution < -0.4 is 10.6 Å². The number of nitrogens with one attached hydrogen (secondary N) is 3. The molecule has 29 heavy (non-hydrogen) atoms. The minimum Gasteiger partial charge on any atom is -0.481 e. The summed E-state index contributed by atoms with van der Waals surface area (Å²) in [6, 6.07) is -3.17. The van der Waals surface area contributed by atoms with E-state index in [1.165, 1.54) is 0 Å². The minimum absolute atomic E-state index is 0.435. The Labute approximate surface area is 161 Å². The number of aliphatic carboxylic acids is 4. The topological polar surface area (TPSA) is 249 Å². The molecule has 2 atom stereocenters. The van der Waals surface area contributed by atoms with E-state index in [0.717, 1.165) is 0 Å². The Balaban J connectivity index is 2.90. The fourth-order valence-electron chi connectivity index (χ4n) is 2.05. The van der Waals surface area contributed by atoms with Crippen LogP contribution in [0.4, 0.5) is 0 Å². The van der Waals surface area contributed by atoms with E-state index >= 15 is 0 Å². The molecule has 7 N–H and O–H groups in total. The van der Waals surface area contributed by atoms with E-state index in [2.05, 4.69) is 15.4 Å². The Morgan fingerprint density at radius 1 is 0.793 bits per heavy atom. The monoisotopic (exact) mass is 415 g/mol. The second-order valence-corrected chi connectivity index (χ2v) is 5.63. The molecule has 1 aromatic rings. The predicted molar refractivity (Wildman–Crippen MR) is 87.9 cm³/mol. The van der Waals surface area contributed by atoms with Crippen LogP contribution in [0.3, 0.4) is 0 Å². The summed E-state index contributed by atoms with van der Waals surface area (Å²) in [5.41, 5.74) is -1.25. The molecule has 0 radical (unpaired) electrons. The molecule has 158 valence electrons. The van der Waals surface area contributed by atoms with Crippen molar-refractivity contribution in [1.82, 2.24) is 26.0 Å². The van der Waals surface area contributed by atoms with Gasteiger partial charge in [-0.2, -0.15) is 0 Å². The molecule has 0 unspecified atom stereocenters. The average Bonchev–Trinajstić information content (AvgIpc) is 3.10. The Morgan fingerprint density at radius 2 is 1.24 bits per heavy atom. The van der Waals surface area contributed by atoms with E-state index < -0.39 is 84.8 Å². The largest absolute Gasteiger partial charge is 0.481 e. The number of aromatic amines is 1. The van der Waals surface area contributed by atoms with Gasteiger partial charge in [-0.05, 0) is 12.8 Å². The molecule has 15 heteroatoms. The van der Waals surface area contributed by atoms with Gasteiger partial charge in [-0.3, -0.25) is 24.3 Å². The third-order valence-electron chi connectivity index (χ3n) is 3.49. The van der Waals surface area contributed by atoms with E-state index in [9.17, 15) is 28.8 Å². The second kappa shape index (κ2) is 10.3. The number of aromatic nitrogens is 3. The smallest absolute Gasteiger partial charge is 0.326 e. The summed E-state index contributed by atoms with van der Waals surface area (Å²) in [7, 11) is 0. The van der Waals surface area contributed by atoms with Crippen molar-refractivity contribution in [1.29, 1.82) is 0 Å². The third kappa shape index (κ3) is 7.24. The van der Waals surface area contributed by atoms with Crippen molar-refractivity contribution >= 4 is 35.7 Å². The molecular weight excluding hydrogens is 398 g/mol. The van der Waals surface area contributed by atoms with Crippen LogP contribution in [0.25, 0.3) is 0 Å². The molecule has 0 aliphatic rings. The lowest BCUT2D eigenvalue weighted by Gasteiger charge is -2.14. The van der Waals surface area contributed by atoms with Crippen molar-refractivity contribution in [2.24, 2.45) is 0 Å². The number of rotatable bonds is 12. The van der Waals surface area contributed by atoms with Crippen molar-refractivity contribution in [3.05, 3.63) is 11.4 Å². The first kappa shape index (κ1) is 23.0. The predicted octanol–water partition coefficient (Wildman–Crippen LogP) is -2.10. The number of H-pyrrole nitrogens is 1. The van der Waals surface area contributed by atoms with Gasteiger partial charge in [0, 0.05) is 12.8 Å². The molecule has 1 aromatic heterocycles. The average molecular weight is 415 g/mol. The highest BCUT2D eigenvalue weighted by molar-refractivity contribution is 6.06. The highest BCUT2D eigenvalue weighted by atomic mass is 16.4. The number of carboxylic acids is 4. The Kier molecular flexibility index (Phi) is 8.20.